The fraction of sp³-hybridized carbons (Fsp3) is 0.391. The van der Waals surface area contributed by atoms with Gasteiger partial charge in [-0.15, -0.1) is 0 Å². The van der Waals surface area contributed by atoms with Crippen LogP contribution in [-0.4, -0.2) is 48.2 Å². The van der Waals surface area contributed by atoms with Crippen LogP contribution in [0.4, 0.5) is 10.5 Å². The predicted octanol–water partition coefficient (Wildman–Crippen LogP) is 3.18. The normalized spacial score (nSPS) is 15.3. The molecule has 1 heterocycles. The molecule has 1 aliphatic heterocycles. The molecule has 1 fully saturated rings. The summed E-state index contributed by atoms with van der Waals surface area (Å²) in [4.78, 5) is 25.8. The molecule has 2 aromatic carbocycles. The lowest BCUT2D eigenvalue weighted by Gasteiger charge is -2.34. The van der Waals surface area contributed by atoms with E-state index in [0.29, 0.717) is 31.1 Å². The highest BCUT2D eigenvalue weighted by Crippen LogP contribution is 2.30. The molecule has 1 unspecified atom stereocenters. The number of likely N-dealkylation sites (N-methyl/N-ethyl adjacent to an activating group) is 1. The Hall–Kier alpha value is -3.06. The minimum absolute atomic E-state index is 0.0384. The lowest BCUT2D eigenvalue weighted by Crippen LogP contribution is -2.42. The van der Waals surface area contributed by atoms with E-state index in [-0.39, 0.29) is 24.5 Å². The Bertz CT molecular complexity index is 818. The topological polar surface area (TPSA) is 90.9 Å². The summed E-state index contributed by atoms with van der Waals surface area (Å²) in [6.45, 7) is 3.59. The molecule has 0 bridgehead atoms. The molecule has 3 N–H and O–H groups in total. The van der Waals surface area contributed by atoms with E-state index in [0.717, 1.165) is 18.4 Å². The summed E-state index contributed by atoms with van der Waals surface area (Å²) in [5, 5.41) is 16.1. The van der Waals surface area contributed by atoms with Crippen molar-refractivity contribution in [1.82, 2.24) is 10.2 Å². The summed E-state index contributed by atoms with van der Waals surface area (Å²) in [6.07, 6.45) is 1.02. The summed E-state index contributed by atoms with van der Waals surface area (Å²) in [5.41, 5.74) is 1.59. The van der Waals surface area contributed by atoms with E-state index in [9.17, 15) is 14.7 Å². The van der Waals surface area contributed by atoms with Gasteiger partial charge in [0.15, 0.2) is 6.61 Å². The highest BCUT2D eigenvalue weighted by Gasteiger charge is 2.28. The van der Waals surface area contributed by atoms with Crippen LogP contribution in [0.1, 0.15) is 31.4 Å². The SMILES string of the molecule is CCNC(=O)COc1ccc(NC(=O)N2CCC(C(O)c3ccccc3)CC2)cc1. The molecule has 30 heavy (non-hydrogen) atoms. The molecule has 0 radical (unpaired) electrons. The Kier molecular flexibility index (Phi) is 7.68. The van der Waals surface area contributed by atoms with Crippen molar-refractivity contribution in [2.45, 2.75) is 25.9 Å². The molecule has 1 saturated heterocycles. The molecule has 0 spiro atoms. The van der Waals surface area contributed by atoms with Gasteiger partial charge in [-0.05, 0) is 55.5 Å². The number of hydrogen-bond donors (Lipinski definition) is 3. The van der Waals surface area contributed by atoms with E-state index in [1.54, 1.807) is 29.2 Å². The van der Waals surface area contributed by atoms with E-state index >= 15 is 0 Å². The number of carbonyl (C=O) groups excluding carboxylic acids is 2. The molecule has 0 aromatic heterocycles. The third kappa shape index (κ3) is 5.97. The van der Waals surface area contributed by atoms with Gasteiger partial charge in [-0.2, -0.15) is 0 Å². The van der Waals surface area contributed by atoms with Crippen molar-refractivity contribution in [3.05, 3.63) is 60.2 Å². The lowest BCUT2D eigenvalue weighted by atomic mass is 9.87. The number of nitrogens with one attached hydrogen (secondary N) is 2. The summed E-state index contributed by atoms with van der Waals surface area (Å²) < 4.78 is 5.41. The Morgan fingerprint density at radius 2 is 1.77 bits per heavy atom. The Balaban J connectivity index is 1.45. The second-order valence-electron chi connectivity index (χ2n) is 7.38. The standard InChI is InChI=1S/C23H29N3O4/c1-2-24-21(27)16-30-20-10-8-19(9-11-20)25-23(29)26-14-12-18(13-15-26)22(28)17-6-4-3-5-7-17/h3-11,18,22,28H,2,12-16H2,1H3,(H,24,27)(H,25,29). The lowest BCUT2D eigenvalue weighted by molar-refractivity contribution is -0.122. The maximum atomic E-state index is 12.6. The average molecular weight is 412 g/mol. The van der Waals surface area contributed by atoms with Crippen LogP contribution in [0, 0.1) is 5.92 Å². The van der Waals surface area contributed by atoms with Gasteiger partial charge in [0.2, 0.25) is 0 Å². The second-order valence-corrected chi connectivity index (χ2v) is 7.38. The number of urea groups is 1. The van der Waals surface area contributed by atoms with Gasteiger partial charge < -0.3 is 25.4 Å². The molecule has 7 heteroatoms. The van der Waals surface area contributed by atoms with Gasteiger partial charge in [0.25, 0.3) is 5.91 Å². The fourth-order valence-electron chi connectivity index (χ4n) is 3.57. The third-order valence-electron chi connectivity index (χ3n) is 5.26. The first-order chi connectivity index (χ1) is 14.6. The number of rotatable bonds is 7. The molecular weight excluding hydrogens is 382 g/mol. The largest absolute Gasteiger partial charge is 0.484 e. The number of carbonyl (C=O) groups is 2. The van der Waals surface area contributed by atoms with Crippen LogP contribution in [0.5, 0.6) is 5.75 Å². The van der Waals surface area contributed by atoms with Crippen molar-refractivity contribution in [2.75, 3.05) is 31.6 Å². The van der Waals surface area contributed by atoms with Crippen LogP contribution in [0.2, 0.25) is 0 Å². The number of benzene rings is 2. The van der Waals surface area contributed by atoms with E-state index < -0.39 is 6.10 Å². The molecule has 7 nitrogen and oxygen atoms in total. The van der Waals surface area contributed by atoms with Gasteiger partial charge in [0.05, 0.1) is 6.10 Å². The van der Waals surface area contributed by atoms with Crippen molar-refractivity contribution in [3.8, 4) is 5.75 Å². The number of aliphatic hydroxyl groups is 1. The third-order valence-corrected chi connectivity index (χ3v) is 5.26. The van der Waals surface area contributed by atoms with Crippen molar-refractivity contribution in [1.29, 1.82) is 0 Å². The molecule has 1 aliphatic rings. The first-order valence-corrected chi connectivity index (χ1v) is 10.4. The maximum Gasteiger partial charge on any atom is 0.321 e. The number of anilines is 1. The van der Waals surface area contributed by atoms with Crippen LogP contribution in [-0.2, 0) is 4.79 Å². The number of hydrogen-bond acceptors (Lipinski definition) is 4. The number of amides is 3. The quantitative estimate of drug-likeness (QED) is 0.653. The molecular formula is C23H29N3O4. The van der Waals surface area contributed by atoms with Gasteiger partial charge in [-0.1, -0.05) is 30.3 Å². The molecule has 1 atom stereocenters. The van der Waals surface area contributed by atoms with Crippen molar-refractivity contribution in [2.24, 2.45) is 5.92 Å². The zero-order valence-corrected chi connectivity index (χ0v) is 17.2. The monoisotopic (exact) mass is 411 g/mol. The van der Waals surface area contributed by atoms with Crippen LogP contribution in [0.25, 0.3) is 0 Å². The number of piperidine rings is 1. The zero-order chi connectivity index (χ0) is 21.3. The summed E-state index contributed by atoms with van der Waals surface area (Å²) in [7, 11) is 0. The van der Waals surface area contributed by atoms with E-state index in [4.69, 9.17) is 4.74 Å². The Morgan fingerprint density at radius 3 is 2.40 bits per heavy atom. The molecule has 160 valence electrons. The minimum Gasteiger partial charge on any atom is -0.484 e. The average Bonchev–Trinajstić information content (AvgIpc) is 2.79. The summed E-state index contributed by atoms with van der Waals surface area (Å²) in [5.74, 6) is 0.545. The van der Waals surface area contributed by atoms with E-state index in [1.165, 1.54) is 0 Å². The van der Waals surface area contributed by atoms with E-state index in [1.807, 2.05) is 37.3 Å². The van der Waals surface area contributed by atoms with Gasteiger partial charge in [0.1, 0.15) is 5.75 Å². The van der Waals surface area contributed by atoms with Gasteiger partial charge in [0, 0.05) is 25.3 Å². The first kappa shape index (κ1) is 21.6. The summed E-state index contributed by atoms with van der Waals surface area (Å²) >= 11 is 0. The number of aliphatic hydroxyl groups excluding tert-OH is 1. The highest BCUT2D eigenvalue weighted by molar-refractivity contribution is 5.89. The van der Waals surface area contributed by atoms with Crippen LogP contribution >= 0.6 is 0 Å². The van der Waals surface area contributed by atoms with Crippen molar-refractivity contribution >= 4 is 17.6 Å². The molecule has 3 amide bonds. The molecule has 2 aromatic rings. The first-order valence-electron chi connectivity index (χ1n) is 10.4. The summed E-state index contributed by atoms with van der Waals surface area (Å²) in [6, 6.07) is 16.4. The minimum atomic E-state index is -0.497. The molecule has 0 saturated carbocycles. The molecule has 3 rings (SSSR count). The van der Waals surface area contributed by atoms with Crippen LogP contribution in [0.15, 0.2) is 54.6 Å². The van der Waals surface area contributed by atoms with Crippen molar-refractivity contribution in [3.63, 3.8) is 0 Å². The number of likely N-dealkylation sites (tertiary alicyclic amines) is 1. The smallest absolute Gasteiger partial charge is 0.321 e. The van der Waals surface area contributed by atoms with Gasteiger partial charge >= 0.3 is 6.03 Å². The van der Waals surface area contributed by atoms with Gasteiger partial charge in [-0.3, -0.25) is 4.79 Å². The van der Waals surface area contributed by atoms with Crippen LogP contribution in [0.3, 0.4) is 0 Å². The predicted molar refractivity (Wildman–Crippen MR) is 115 cm³/mol. The second kappa shape index (κ2) is 10.6. The number of nitrogens with zero attached hydrogens (tertiary/aromatic N) is 1. The van der Waals surface area contributed by atoms with Crippen molar-refractivity contribution < 1.29 is 19.4 Å². The molecule has 0 aliphatic carbocycles. The van der Waals surface area contributed by atoms with E-state index in [2.05, 4.69) is 10.6 Å². The maximum absolute atomic E-state index is 12.6. The Labute approximate surface area is 177 Å². The zero-order valence-electron chi connectivity index (χ0n) is 17.2. The highest BCUT2D eigenvalue weighted by atomic mass is 16.5. The van der Waals surface area contributed by atoms with Gasteiger partial charge in [-0.25, -0.2) is 4.79 Å². The Morgan fingerprint density at radius 1 is 1.10 bits per heavy atom. The van der Waals surface area contributed by atoms with Crippen LogP contribution < -0.4 is 15.4 Å². The fourth-order valence-corrected chi connectivity index (χ4v) is 3.57. The number of ether oxygens (including phenoxy) is 1.